The van der Waals surface area contributed by atoms with Crippen molar-refractivity contribution in [2.24, 2.45) is 5.73 Å². The highest BCUT2D eigenvalue weighted by molar-refractivity contribution is 5.80. The molecular weight excluding hydrogens is 330 g/mol. The van der Waals surface area contributed by atoms with Crippen LogP contribution >= 0.6 is 0 Å². The quantitative estimate of drug-likeness (QED) is 0.454. The zero-order valence-electron chi connectivity index (χ0n) is 16.2. The molecule has 1 aromatic rings. The van der Waals surface area contributed by atoms with Crippen molar-refractivity contribution in [1.82, 2.24) is 9.55 Å². The number of hydrogen-bond donors (Lipinski definition) is 2. The monoisotopic (exact) mass is 365 g/mol. The van der Waals surface area contributed by atoms with E-state index in [9.17, 15) is 9.59 Å². The summed E-state index contributed by atoms with van der Waals surface area (Å²) in [5.74, 6) is -1.11. The number of nitrogens with two attached hydrogens (primary N) is 1. The number of aromatic nitrogens is 2. The van der Waals surface area contributed by atoms with Crippen LogP contribution < -0.4 is 5.73 Å². The van der Waals surface area contributed by atoms with E-state index in [4.69, 9.17) is 10.8 Å². The molecule has 1 atom stereocenters. The molecule has 0 saturated heterocycles. The van der Waals surface area contributed by atoms with Crippen LogP contribution in [0.1, 0.15) is 94.5 Å². The van der Waals surface area contributed by atoms with E-state index in [1.807, 2.05) is 0 Å². The van der Waals surface area contributed by atoms with Gasteiger partial charge in [-0.05, 0) is 6.42 Å². The van der Waals surface area contributed by atoms with Crippen molar-refractivity contribution >= 4 is 11.9 Å². The second kappa shape index (κ2) is 13.5. The number of aliphatic carboxylic acids is 1. The molecule has 0 amide bonds. The lowest BCUT2D eigenvalue weighted by Gasteiger charge is -2.09. The predicted octanol–water partition coefficient (Wildman–Crippen LogP) is 4.18. The minimum absolute atomic E-state index is 0.0361. The third-order valence-corrected chi connectivity index (χ3v) is 4.72. The summed E-state index contributed by atoms with van der Waals surface area (Å²) < 4.78 is 1.44. The molecular formula is C20H35N3O3. The van der Waals surface area contributed by atoms with Crippen LogP contribution in [0, 0.1) is 0 Å². The van der Waals surface area contributed by atoms with Gasteiger partial charge in [-0.25, -0.2) is 4.98 Å². The number of unbranched alkanes of at least 4 members (excludes halogenated alkanes) is 10. The Morgan fingerprint density at radius 1 is 1.04 bits per heavy atom. The molecule has 26 heavy (non-hydrogen) atoms. The molecule has 1 aromatic heterocycles. The van der Waals surface area contributed by atoms with Crippen molar-refractivity contribution in [3.8, 4) is 0 Å². The first-order chi connectivity index (χ1) is 12.6. The first kappa shape index (κ1) is 22.4. The summed E-state index contributed by atoms with van der Waals surface area (Å²) in [6.45, 7) is 2.24. The maximum absolute atomic E-state index is 12.3. The minimum Gasteiger partial charge on any atom is -0.480 e. The summed E-state index contributed by atoms with van der Waals surface area (Å²) in [5.41, 5.74) is 6.10. The Hall–Kier alpha value is -1.69. The fraction of sp³-hybridized carbons (Fsp3) is 0.750. The molecule has 0 bridgehead atoms. The molecule has 0 fully saturated rings. The van der Waals surface area contributed by atoms with Crippen LogP contribution in [-0.4, -0.2) is 32.6 Å². The van der Waals surface area contributed by atoms with Crippen molar-refractivity contribution < 1.29 is 14.7 Å². The lowest BCUT2D eigenvalue weighted by atomic mass is 10.1. The first-order valence-electron chi connectivity index (χ1n) is 10.1. The number of carboxylic acids is 1. The van der Waals surface area contributed by atoms with Crippen LogP contribution in [0.3, 0.4) is 0 Å². The molecule has 1 rings (SSSR count). The zero-order valence-corrected chi connectivity index (χ0v) is 16.2. The molecule has 6 heteroatoms. The van der Waals surface area contributed by atoms with Crippen molar-refractivity contribution in [2.45, 2.75) is 96.4 Å². The van der Waals surface area contributed by atoms with Gasteiger partial charge in [0.05, 0.1) is 0 Å². The van der Waals surface area contributed by atoms with Crippen LogP contribution in [0.4, 0.5) is 0 Å². The van der Waals surface area contributed by atoms with Gasteiger partial charge in [0.15, 0.2) is 0 Å². The first-order valence-corrected chi connectivity index (χ1v) is 10.1. The molecule has 0 aliphatic rings. The number of nitrogens with zero attached hydrogens (tertiary/aromatic N) is 2. The molecule has 0 spiro atoms. The average Bonchev–Trinajstić information content (AvgIpc) is 3.07. The fourth-order valence-electron chi connectivity index (χ4n) is 3.07. The fourth-order valence-corrected chi connectivity index (χ4v) is 3.07. The standard InChI is InChI=1S/C20H35N3O3/c1-2-3-4-5-6-7-8-9-10-11-12-13-19(24)23-16-22-15-17(23)14-18(21)20(25)26/h15-16,18H,2-14,21H2,1H3,(H,25,26). The number of rotatable bonds is 15. The molecule has 0 radical (unpaired) electrons. The predicted molar refractivity (Wildman–Crippen MR) is 103 cm³/mol. The van der Waals surface area contributed by atoms with Crippen LogP contribution in [0.15, 0.2) is 12.5 Å². The van der Waals surface area contributed by atoms with Gasteiger partial charge in [0.1, 0.15) is 12.4 Å². The van der Waals surface area contributed by atoms with Gasteiger partial charge in [-0.15, -0.1) is 0 Å². The van der Waals surface area contributed by atoms with E-state index < -0.39 is 12.0 Å². The van der Waals surface area contributed by atoms with Gasteiger partial charge < -0.3 is 10.8 Å². The van der Waals surface area contributed by atoms with Crippen molar-refractivity contribution in [2.75, 3.05) is 0 Å². The molecule has 0 aliphatic heterocycles. The second-order valence-electron chi connectivity index (χ2n) is 7.08. The topological polar surface area (TPSA) is 98.2 Å². The van der Waals surface area contributed by atoms with E-state index in [0.29, 0.717) is 12.1 Å². The smallest absolute Gasteiger partial charge is 0.320 e. The van der Waals surface area contributed by atoms with E-state index in [1.54, 1.807) is 0 Å². The number of carbonyl (C=O) groups excluding carboxylic acids is 1. The number of hydrogen-bond acceptors (Lipinski definition) is 4. The van der Waals surface area contributed by atoms with E-state index >= 15 is 0 Å². The van der Waals surface area contributed by atoms with Gasteiger partial charge >= 0.3 is 5.97 Å². The Labute approximate surface area is 157 Å². The molecule has 0 aliphatic carbocycles. The highest BCUT2D eigenvalue weighted by Gasteiger charge is 2.17. The largest absolute Gasteiger partial charge is 0.480 e. The molecule has 0 aromatic carbocycles. The summed E-state index contributed by atoms with van der Waals surface area (Å²) in [4.78, 5) is 27.1. The SMILES string of the molecule is CCCCCCCCCCCCCC(=O)n1cncc1CC(N)C(=O)O. The summed E-state index contributed by atoms with van der Waals surface area (Å²) in [7, 11) is 0. The Balaban J connectivity index is 2.12. The van der Waals surface area contributed by atoms with Gasteiger partial charge in [0, 0.05) is 24.7 Å². The van der Waals surface area contributed by atoms with Gasteiger partial charge in [-0.2, -0.15) is 0 Å². The summed E-state index contributed by atoms with van der Waals surface area (Å²) in [6, 6.07) is -1.01. The van der Waals surface area contributed by atoms with Gasteiger partial charge in [0.2, 0.25) is 5.91 Å². The highest BCUT2D eigenvalue weighted by atomic mass is 16.4. The summed E-state index contributed by atoms with van der Waals surface area (Å²) >= 11 is 0. The molecule has 1 unspecified atom stereocenters. The third kappa shape index (κ3) is 9.13. The van der Waals surface area contributed by atoms with E-state index in [1.165, 1.54) is 74.9 Å². The summed E-state index contributed by atoms with van der Waals surface area (Å²) in [6.07, 6.45) is 17.2. The number of imidazole rings is 1. The second-order valence-corrected chi connectivity index (χ2v) is 7.08. The lowest BCUT2D eigenvalue weighted by molar-refractivity contribution is -0.138. The Morgan fingerprint density at radius 2 is 1.58 bits per heavy atom. The zero-order chi connectivity index (χ0) is 19.2. The lowest BCUT2D eigenvalue weighted by Crippen LogP contribution is -2.33. The molecule has 1 heterocycles. The third-order valence-electron chi connectivity index (χ3n) is 4.72. The van der Waals surface area contributed by atoms with E-state index in [0.717, 1.165) is 12.8 Å². The van der Waals surface area contributed by atoms with E-state index in [2.05, 4.69) is 11.9 Å². The van der Waals surface area contributed by atoms with Crippen LogP contribution in [0.25, 0.3) is 0 Å². The van der Waals surface area contributed by atoms with Crippen LogP contribution in [0.5, 0.6) is 0 Å². The Kier molecular flexibility index (Phi) is 11.6. The highest BCUT2D eigenvalue weighted by Crippen LogP contribution is 2.13. The maximum Gasteiger partial charge on any atom is 0.320 e. The molecule has 148 valence electrons. The Bertz CT molecular complexity index is 528. The molecule has 0 saturated carbocycles. The number of carboxylic acid groups (broad SMARTS) is 1. The number of carbonyl (C=O) groups is 2. The maximum atomic E-state index is 12.3. The van der Waals surface area contributed by atoms with Crippen LogP contribution in [-0.2, 0) is 11.2 Å². The normalized spacial score (nSPS) is 12.2. The Morgan fingerprint density at radius 3 is 2.12 bits per heavy atom. The molecule has 6 nitrogen and oxygen atoms in total. The van der Waals surface area contributed by atoms with Gasteiger partial charge in [0.25, 0.3) is 0 Å². The van der Waals surface area contributed by atoms with E-state index in [-0.39, 0.29) is 12.3 Å². The average molecular weight is 366 g/mol. The summed E-state index contributed by atoms with van der Waals surface area (Å²) in [5, 5.41) is 8.89. The van der Waals surface area contributed by atoms with Gasteiger partial charge in [-0.3, -0.25) is 14.2 Å². The van der Waals surface area contributed by atoms with Crippen molar-refractivity contribution in [1.29, 1.82) is 0 Å². The van der Waals surface area contributed by atoms with Crippen molar-refractivity contribution in [3.63, 3.8) is 0 Å². The molecule has 3 N–H and O–H groups in total. The van der Waals surface area contributed by atoms with Gasteiger partial charge in [-0.1, -0.05) is 71.1 Å². The van der Waals surface area contributed by atoms with Crippen molar-refractivity contribution in [3.05, 3.63) is 18.2 Å². The van der Waals surface area contributed by atoms with Crippen LogP contribution in [0.2, 0.25) is 0 Å². The minimum atomic E-state index is -1.07.